The van der Waals surface area contributed by atoms with Crippen molar-refractivity contribution in [2.24, 2.45) is 0 Å². The zero-order valence-corrected chi connectivity index (χ0v) is 10.7. The van der Waals surface area contributed by atoms with Gasteiger partial charge < -0.3 is 5.32 Å². The van der Waals surface area contributed by atoms with Crippen LogP contribution in [-0.4, -0.2) is 15.9 Å². The van der Waals surface area contributed by atoms with Crippen molar-refractivity contribution >= 4 is 22.7 Å². The monoisotopic (exact) mass is 263 g/mol. The van der Waals surface area contributed by atoms with E-state index in [0.29, 0.717) is 5.69 Å². The first-order valence-electron chi connectivity index (χ1n) is 5.54. The molecule has 0 fully saturated rings. The molecule has 0 aliphatic carbocycles. The van der Waals surface area contributed by atoms with Crippen molar-refractivity contribution in [1.29, 1.82) is 0 Å². The van der Waals surface area contributed by atoms with Gasteiger partial charge in [0.2, 0.25) is 0 Å². The second-order valence-electron chi connectivity index (χ2n) is 3.98. The van der Waals surface area contributed by atoms with E-state index >= 15 is 0 Å². The molecule has 0 spiro atoms. The Morgan fingerprint density at radius 1 is 1.56 bits per heavy atom. The predicted molar refractivity (Wildman–Crippen MR) is 72.0 cm³/mol. The molecule has 2 aromatic heterocycles. The van der Waals surface area contributed by atoms with Crippen LogP contribution in [0.1, 0.15) is 11.8 Å². The topological polar surface area (TPSA) is 68.1 Å². The van der Waals surface area contributed by atoms with Crippen LogP contribution in [0, 0.1) is 10.1 Å². The van der Waals surface area contributed by atoms with Gasteiger partial charge in [-0.25, -0.2) is 0 Å². The number of nitrogens with zero attached hydrogens (tertiary/aromatic N) is 2. The number of rotatable bonds is 5. The van der Waals surface area contributed by atoms with Gasteiger partial charge in [0.25, 0.3) is 0 Å². The quantitative estimate of drug-likeness (QED) is 0.665. The van der Waals surface area contributed by atoms with E-state index in [1.807, 2.05) is 18.4 Å². The van der Waals surface area contributed by atoms with E-state index < -0.39 is 4.92 Å². The lowest BCUT2D eigenvalue weighted by Crippen LogP contribution is -2.18. The summed E-state index contributed by atoms with van der Waals surface area (Å²) in [5.41, 5.74) is 0.523. The van der Waals surface area contributed by atoms with Gasteiger partial charge >= 0.3 is 5.69 Å². The average molecular weight is 263 g/mol. The van der Waals surface area contributed by atoms with Gasteiger partial charge in [0.1, 0.15) is 11.9 Å². The molecule has 5 nitrogen and oxygen atoms in total. The zero-order chi connectivity index (χ0) is 13.0. The van der Waals surface area contributed by atoms with Gasteiger partial charge in [-0.1, -0.05) is 6.07 Å². The fourth-order valence-electron chi connectivity index (χ4n) is 1.70. The number of thiophene rings is 1. The van der Waals surface area contributed by atoms with E-state index in [-0.39, 0.29) is 11.7 Å². The first kappa shape index (κ1) is 12.5. The summed E-state index contributed by atoms with van der Waals surface area (Å²) < 4.78 is 0. The Hall–Kier alpha value is -1.95. The predicted octanol–water partition coefficient (Wildman–Crippen LogP) is 3.09. The third-order valence-corrected chi connectivity index (χ3v) is 3.38. The van der Waals surface area contributed by atoms with Crippen LogP contribution in [0.2, 0.25) is 0 Å². The molecule has 2 heterocycles. The lowest BCUT2D eigenvalue weighted by atomic mass is 10.2. The number of anilines is 1. The molecule has 0 saturated carbocycles. The third kappa shape index (κ3) is 3.04. The second kappa shape index (κ2) is 5.59. The van der Waals surface area contributed by atoms with E-state index in [0.717, 1.165) is 6.42 Å². The lowest BCUT2D eigenvalue weighted by molar-refractivity contribution is -0.384. The van der Waals surface area contributed by atoms with Crippen LogP contribution in [-0.2, 0) is 6.42 Å². The van der Waals surface area contributed by atoms with E-state index in [1.54, 1.807) is 23.6 Å². The first-order chi connectivity index (χ1) is 8.66. The smallest absolute Gasteiger partial charge is 0.310 e. The van der Waals surface area contributed by atoms with Gasteiger partial charge in [0.15, 0.2) is 0 Å². The summed E-state index contributed by atoms with van der Waals surface area (Å²) in [7, 11) is 0. The minimum Gasteiger partial charge on any atom is -0.377 e. The maximum absolute atomic E-state index is 10.8. The number of hydrogen-bond acceptors (Lipinski definition) is 5. The standard InChI is InChI=1S/C12H13N3O2S/c1-9(7-10-3-2-6-18-10)14-11-4-5-13-8-12(11)15(16)17/h2-6,8-9H,7H2,1H3,(H,13,14). The van der Waals surface area contributed by atoms with E-state index in [2.05, 4.69) is 16.4 Å². The van der Waals surface area contributed by atoms with E-state index in [1.165, 1.54) is 11.1 Å². The van der Waals surface area contributed by atoms with Gasteiger partial charge in [-0.3, -0.25) is 15.1 Å². The Bertz CT molecular complexity index is 528. The second-order valence-corrected chi connectivity index (χ2v) is 5.01. The minimum atomic E-state index is -0.423. The van der Waals surface area contributed by atoms with E-state index in [9.17, 15) is 10.1 Å². The van der Waals surface area contributed by atoms with Crippen molar-refractivity contribution in [2.45, 2.75) is 19.4 Å². The van der Waals surface area contributed by atoms with Crippen molar-refractivity contribution in [3.05, 3.63) is 51.0 Å². The number of nitrogens with one attached hydrogen (secondary N) is 1. The van der Waals surface area contributed by atoms with Crippen LogP contribution in [0.3, 0.4) is 0 Å². The van der Waals surface area contributed by atoms with Gasteiger partial charge in [0.05, 0.1) is 4.92 Å². The molecule has 2 rings (SSSR count). The van der Waals surface area contributed by atoms with Gasteiger partial charge in [-0.2, -0.15) is 0 Å². The van der Waals surface area contributed by atoms with Gasteiger partial charge in [0, 0.05) is 23.5 Å². The van der Waals surface area contributed by atoms with Crippen LogP contribution in [0.4, 0.5) is 11.4 Å². The molecule has 1 atom stereocenters. The fourth-order valence-corrected chi connectivity index (χ4v) is 2.54. The molecular formula is C12H13N3O2S. The average Bonchev–Trinajstić information content (AvgIpc) is 2.82. The number of hydrogen-bond donors (Lipinski definition) is 1. The Morgan fingerprint density at radius 2 is 2.39 bits per heavy atom. The zero-order valence-electron chi connectivity index (χ0n) is 9.87. The first-order valence-corrected chi connectivity index (χ1v) is 6.42. The summed E-state index contributed by atoms with van der Waals surface area (Å²) in [6.45, 7) is 2.00. The maximum Gasteiger partial charge on any atom is 0.310 e. The minimum absolute atomic E-state index is 0.00975. The van der Waals surface area contributed by atoms with Crippen LogP contribution in [0.15, 0.2) is 36.0 Å². The van der Waals surface area contributed by atoms with Crippen LogP contribution < -0.4 is 5.32 Å². The highest BCUT2D eigenvalue weighted by Crippen LogP contribution is 2.23. The van der Waals surface area contributed by atoms with Gasteiger partial charge in [-0.15, -0.1) is 11.3 Å². The number of pyridine rings is 1. The Kier molecular flexibility index (Phi) is 3.88. The molecule has 1 unspecified atom stereocenters. The molecule has 0 saturated heterocycles. The summed E-state index contributed by atoms with van der Waals surface area (Å²) in [6.07, 6.45) is 3.66. The maximum atomic E-state index is 10.8. The molecule has 0 amide bonds. The SMILES string of the molecule is CC(Cc1cccs1)Nc1ccncc1[N+](=O)[O-]. The highest BCUT2D eigenvalue weighted by atomic mass is 32.1. The summed E-state index contributed by atoms with van der Waals surface area (Å²) in [6, 6.07) is 5.82. The van der Waals surface area contributed by atoms with Crippen molar-refractivity contribution in [3.8, 4) is 0 Å². The highest BCUT2D eigenvalue weighted by Gasteiger charge is 2.15. The molecule has 0 aromatic carbocycles. The Labute approximate surface area is 109 Å². The molecule has 0 radical (unpaired) electrons. The van der Waals surface area contributed by atoms with E-state index in [4.69, 9.17) is 0 Å². The molecule has 0 aliphatic heterocycles. The number of nitro groups is 1. The Morgan fingerprint density at radius 3 is 3.06 bits per heavy atom. The molecular weight excluding hydrogens is 250 g/mol. The largest absolute Gasteiger partial charge is 0.377 e. The van der Waals surface area contributed by atoms with Gasteiger partial charge in [-0.05, 0) is 24.4 Å². The molecule has 6 heteroatoms. The summed E-state index contributed by atoms with van der Waals surface area (Å²) in [5.74, 6) is 0. The van der Waals surface area contributed by atoms with Crippen LogP contribution in [0.25, 0.3) is 0 Å². The Balaban J connectivity index is 2.07. The molecule has 0 bridgehead atoms. The number of aromatic nitrogens is 1. The van der Waals surface area contributed by atoms with Crippen molar-refractivity contribution in [2.75, 3.05) is 5.32 Å². The lowest BCUT2D eigenvalue weighted by Gasteiger charge is -2.14. The van der Waals surface area contributed by atoms with Crippen molar-refractivity contribution in [1.82, 2.24) is 4.98 Å². The van der Waals surface area contributed by atoms with Crippen molar-refractivity contribution in [3.63, 3.8) is 0 Å². The third-order valence-electron chi connectivity index (χ3n) is 2.49. The fraction of sp³-hybridized carbons (Fsp3) is 0.250. The molecule has 94 valence electrons. The summed E-state index contributed by atoms with van der Waals surface area (Å²) >= 11 is 1.69. The molecule has 2 aromatic rings. The highest BCUT2D eigenvalue weighted by molar-refractivity contribution is 7.09. The van der Waals surface area contributed by atoms with Crippen LogP contribution >= 0.6 is 11.3 Å². The molecule has 1 N–H and O–H groups in total. The normalized spacial score (nSPS) is 12.1. The summed E-state index contributed by atoms with van der Waals surface area (Å²) in [4.78, 5) is 15.5. The van der Waals surface area contributed by atoms with Crippen molar-refractivity contribution < 1.29 is 4.92 Å². The molecule has 18 heavy (non-hydrogen) atoms. The van der Waals surface area contributed by atoms with Crippen LogP contribution in [0.5, 0.6) is 0 Å². The summed E-state index contributed by atoms with van der Waals surface area (Å²) in [5, 5.41) is 16.0. The molecule has 0 aliphatic rings.